The molecule has 0 atom stereocenters. The number of nitrogens with zero attached hydrogens (tertiary/aromatic N) is 2. The van der Waals surface area contributed by atoms with Gasteiger partial charge in [0.25, 0.3) is 5.69 Å². The normalized spacial score (nSPS) is 17.6. The number of nitro groups is 1. The molecule has 0 aromatic heterocycles. The molecule has 1 heterocycles. The van der Waals surface area contributed by atoms with Crippen LogP contribution in [0.5, 0.6) is 0 Å². The van der Waals surface area contributed by atoms with Crippen molar-refractivity contribution in [1.29, 1.82) is 0 Å². The number of aliphatic hydroxyl groups is 1. The van der Waals surface area contributed by atoms with Crippen LogP contribution in [0.15, 0.2) is 78.9 Å². The van der Waals surface area contributed by atoms with Crippen LogP contribution in [0, 0.1) is 10.1 Å². The van der Waals surface area contributed by atoms with Crippen molar-refractivity contribution >= 4 is 16.8 Å². The molecular weight excluding hydrogens is 448 g/mol. The molecule has 5 nitrogen and oxygen atoms in total. The summed E-state index contributed by atoms with van der Waals surface area (Å²) in [6.45, 7) is 2.51. The summed E-state index contributed by atoms with van der Waals surface area (Å²) < 4.78 is 0. The summed E-state index contributed by atoms with van der Waals surface area (Å²) in [5.41, 5.74) is 6.85. The molecule has 0 spiro atoms. The summed E-state index contributed by atoms with van der Waals surface area (Å²) in [7, 11) is 0. The van der Waals surface area contributed by atoms with Crippen molar-refractivity contribution in [2.75, 3.05) is 19.7 Å². The molecule has 2 fully saturated rings. The van der Waals surface area contributed by atoms with Gasteiger partial charge in [-0.3, -0.25) is 10.1 Å². The van der Waals surface area contributed by atoms with Gasteiger partial charge < -0.3 is 10.0 Å². The van der Waals surface area contributed by atoms with Gasteiger partial charge in [0.05, 0.1) is 4.92 Å². The number of benzene rings is 3. The van der Waals surface area contributed by atoms with Gasteiger partial charge in [-0.2, -0.15) is 0 Å². The first kappa shape index (κ1) is 24.4. The lowest BCUT2D eigenvalue weighted by atomic mass is 9.85. The van der Waals surface area contributed by atoms with Crippen LogP contribution in [-0.2, 0) is 0 Å². The van der Waals surface area contributed by atoms with Gasteiger partial charge >= 0.3 is 0 Å². The highest BCUT2D eigenvalue weighted by Gasteiger charge is 2.32. The first-order valence-electron chi connectivity index (χ1n) is 13.1. The standard InChI is InChI=1S/C31H34N2O3/c34-22-4-7-30(25-5-2-1-3-6-25)31(27-12-14-29(15-13-27)33(35)36)26-10-8-23(9-11-26)24-18-20-32(21-19-24)28-16-17-28/h1-3,5-6,8-15,24,28,34H,4,7,16-22H2. The quantitative estimate of drug-likeness (QED) is 0.210. The van der Waals surface area contributed by atoms with E-state index in [0.717, 1.165) is 33.9 Å². The van der Waals surface area contributed by atoms with Gasteiger partial charge in [0, 0.05) is 24.8 Å². The molecule has 1 aliphatic heterocycles. The highest BCUT2D eigenvalue weighted by molar-refractivity contribution is 5.98. The third-order valence-electron chi connectivity index (χ3n) is 7.64. The molecular formula is C31H34N2O3. The number of hydrogen-bond donors (Lipinski definition) is 1. The highest BCUT2D eigenvalue weighted by Crippen LogP contribution is 2.38. The first-order chi connectivity index (χ1) is 17.6. The maximum absolute atomic E-state index is 11.3. The zero-order valence-electron chi connectivity index (χ0n) is 20.7. The van der Waals surface area contributed by atoms with Gasteiger partial charge in [0.2, 0.25) is 0 Å². The zero-order chi connectivity index (χ0) is 24.9. The number of piperidine rings is 1. The van der Waals surface area contributed by atoms with Crippen molar-refractivity contribution in [1.82, 2.24) is 4.90 Å². The lowest BCUT2D eigenvalue weighted by Crippen LogP contribution is -2.34. The van der Waals surface area contributed by atoms with Gasteiger partial charge in [-0.1, -0.05) is 54.6 Å². The van der Waals surface area contributed by atoms with E-state index in [-0.39, 0.29) is 17.2 Å². The third-order valence-corrected chi connectivity index (χ3v) is 7.64. The summed E-state index contributed by atoms with van der Waals surface area (Å²) in [5, 5.41) is 20.9. The van der Waals surface area contributed by atoms with Crippen molar-refractivity contribution in [3.05, 3.63) is 111 Å². The Labute approximate surface area is 213 Å². The number of rotatable bonds is 9. The first-order valence-corrected chi connectivity index (χ1v) is 13.1. The molecule has 3 aromatic carbocycles. The smallest absolute Gasteiger partial charge is 0.269 e. The van der Waals surface area contributed by atoms with E-state index in [0.29, 0.717) is 18.8 Å². The Hall–Kier alpha value is -3.28. The van der Waals surface area contributed by atoms with E-state index in [1.165, 1.54) is 44.3 Å². The summed E-state index contributed by atoms with van der Waals surface area (Å²) in [6.07, 6.45) is 6.54. The molecule has 0 amide bonds. The molecule has 0 bridgehead atoms. The van der Waals surface area contributed by atoms with E-state index in [1.54, 1.807) is 12.1 Å². The van der Waals surface area contributed by atoms with Gasteiger partial charge in [0.1, 0.15) is 0 Å². The van der Waals surface area contributed by atoms with Crippen LogP contribution >= 0.6 is 0 Å². The average molecular weight is 483 g/mol. The Morgan fingerprint density at radius 2 is 1.44 bits per heavy atom. The summed E-state index contributed by atoms with van der Waals surface area (Å²) in [4.78, 5) is 13.6. The van der Waals surface area contributed by atoms with Crippen LogP contribution in [-0.4, -0.2) is 40.7 Å². The van der Waals surface area contributed by atoms with E-state index < -0.39 is 0 Å². The topological polar surface area (TPSA) is 66.6 Å². The Bertz CT molecular complexity index is 1190. The maximum Gasteiger partial charge on any atom is 0.269 e. The fraction of sp³-hybridized carbons (Fsp3) is 0.355. The SMILES string of the molecule is O=[N+]([O-])c1ccc(C(=C(CCCO)c2ccccc2)c2ccc(C3CCN(C4CC4)CC3)cc2)cc1. The minimum atomic E-state index is -0.361. The van der Waals surface area contributed by atoms with Crippen LogP contribution in [0.3, 0.4) is 0 Å². The lowest BCUT2D eigenvalue weighted by Gasteiger charge is -2.32. The minimum Gasteiger partial charge on any atom is -0.396 e. The van der Waals surface area contributed by atoms with Gasteiger partial charge in [-0.25, -0.2) is 0 Å². The van der Waals surface area contributed by atoms with E-state index >= 15 is 0 Å². The number of likely N-dealkylation sites (tertiary alicyclic amines) is 1. The Morgan fingerprint density at radius 1 is 0.833 bits per heavy atom. The number of allylic oxidation sites excluding steroid dienone is 1. The molecule has 36 heavy (non-hydrogen) atoms. The van der Waals surface area contributed by atoms with Crippen LogP contribution in [0.2, 0.25) is 0 Å². The Morgan fingerprint density at radius 3 is 2.00 bits per heavy atom. The van der Waals surface area contributed by atoms with E-state index in [2.05, 4.69) is 41.3 Å². The van der Waals surface area contributed by atoms with Crippen molar-refractivity contribution < 1.29 is 10.0 Å². The molecule has 186 valence electrons. The van der Waals surface area contributed by atoms with E-state index in [4.69, 9.17) is 0 Å². The monoisotopic (exact) mass is 482 g/mol. The molecule has 3 aromatic rings. The molecule has 1 saturated heterocycles. The number of aliphatic hydroxyl groups excluding tert-OH is 1. The zero-order valence-corrected chi connectivity index (χ0v) is 20.7. The molecule has 5 rings (SSSR count). The van der Waals surface area contributed by atoms with E-state index in [1.807, 2.05) is 30.3 Å². The largest absolute Gasteiger partial charge is 0.396 e. The number of non-ortho nitro benzene ring substituents is 1. The summed E-state index contributed by atoms with van der Waals surface area (Å²) >= 11 is 0. The predicted octanol–water partition coefficient (Wildman–Crippen LogP) is 6.67. The Balaban J connectivity index is 1.51. The fourth-order valence-corrected chi connectivity index (χ4v) is 5.53. The summed E-state index contributed by atoms with van der Waals surface area (Å²) in [5.74, 6) is 0.601. The maximum atomic E-state index is 11.3. The average Bonchev–Trinajstić information content (AvgIpc) is 3.78. The molecule has 0 unspecified atom stereocenters. The molecule has 5 heteroatoms. The third kappa shape index (κ3) is 5.58. The second-order valence-electron chi connectivity index (χ2n) is 10.0. The Kier molecular flexibility index (Phi) is 7.59. The number of hydrogen-bond acceptors (Lipinski definition) is 4. The van der Waals surface area contributed by atoms with Crippen LogP contribution in [0.4, 0.5) is 5.69 Å². The lowest BCUT2D eigenvalue weighted by molar-refractivity contribution is -0.384. The molecule has 2 aliphatic rings. The van der Waals surface area contributed by atoms with E-state index in [9.17, 15) is 15.2 Å². The molecule has 1 N–H and O–H groups in total. The van der Waals surface area contributed by atoms with Crippen molar-refractivity contribution in [3.63, 3.8) is 0 Å². The van der Waals surface area contributed by atoms with Crippen molar-refractivity contribution in [3.8, 4) is 0 Å². The van der Waals surface area contributed by atoms with Crippen molar-refractivity contribution in [2.24, 2.45) is 0 Å². The van der Waals surface area contributed by atoms with Crippen molar-refractivity contribution in [2.45, 2.75) is 50.5 Å². The van der Waals surface area contributed by atoms with Crippen LogP contribution < -0.4 is 0 Å². The van der Waals surface area contributed by atoms with Crippen LogP contribution in [0.25, 0.3) is 11.1 Å². The molecule has 1 aliphatic carbocycles. The minimum absolute atomic E-state index is 0.0857. The number of nitro benzene ring substituents is 1. The fourth-order valence-electron chi connectivity index (χ4n) is 5.53. The molecule has 0 radical (unpaired) electrons. The highest BCUT2D eigenvalue weighted by atomic mass is 16.6. The second-order valence-corrected chi connectivity index (χ2v) is 10.0. The van der Waals surface area contributed by atoms with Crippen LogP contribution in [0.1, 0.15) is 66.7 Å². The predicted molar refractivity (Wildman–Crippen MR) is 145 cm³/mol. The second kappa shape index (κ2) is 11.2. The van der Waals surface area contributed by atoms with Gasteiger partial charge in [-0.05, 0) is 103 Å². The van der Waals surface area contributed by atoms with Gasteiger partial charge in [0.15, 0.2) is 0 Å². The summed E-state index contributed by atoms with van der Waals surface area (Å²) in [6, 6.07) is 26.9. The van der Waals surface area contributed by atoms with Gasteiger partial charge in [-0.15, -0.1) is 0 Å². The molecule has 1 saturated carbocycles.